The van der Waals surface area contributed by atoms with Crippen molar-refractivity contribution in [3.63, 3.8) is 0 Å². The molecule has 0 radical (unpaired) electrons. The first-order chi connectivity index (χ1) is 8.77. The van der Waals surface area contributed by atoms with Crippen molar-refractivity contribution < 1.29 is 5.11 Å². The second-order valence-corrected chi connectivity index (χ2v) is 5.29. The smallest absolute Gasteiger partial charge is 0.0771 e. The van der Waals surface area contributed by atoms with Gasteiger partial charge in [0.2, 0.25) is 0 Å². The molecule has 0 unspecified atom stereocenters. The maximum Gasteiger partial charge on any atom is 0.0771 e. The van der Waals surface area contributed by atoms with Gasteiger partial charge >= 0.3 is 0 Å². The largest absolute Gasteiger partial charge is 0.389 e. The van der Waals surface area contributed by atoms with Crippen molar-refractivity contribution in [3.8, 4) is 0 Å². The van der Waals surface area contributed by atoms with Gasteiger partial charge in [0, 0.05) is 18.5 Å². The minimum atomic E-state index is -0.484. The Morgan fingerprint density at radius 1 is 1.33 bits per heavy atom. The summed E-state index contributed by atoms with van der Waals surface area (Å²) < 4.78 is 0. The second kappa shape index (κ2) is 4.71. The molecule has 0 saturated heterocycles. The van der Waals surface area contributed by atoms with Gasteiger partial charge in [-0.25, -0.2) is 0 Å². The topological polar surface area (TPSA) is 60.9 Å². The second-order valence-electron chi connectivity index (χ2n) is 5.29. The van der Waals surface area contributed by atoms with Gasteiger partial charge in [0.25, 0.3) is 0 Å². The van der Waals surface area contributed by atoms with E-state index in [2.05, 4.69) is 21.6 Å². The Morgan fingerprint density at radius 3 is 3.00 bits per heavy atom. The Bertz CT molecular complexity index is 529. The van der Waals surface area contributed by atoms with Crippen molar-refractivity contribution in [1.29, 1.82) is 0 Å². The molecule has 0 aliphatic heterocycles. The Labute approximate surface area is 106 Å². The molecule has 4 nitrogen and oxygen atoms in total. The first-order valence-corrected chi connectivity index (χ1v) is 6.61. The highest BCUT2D eigenvalue weighted by Crippen LogP contribution is 2.28. The number of H-pyrrole nitrogens is 1. The summed E-state index contributed by atoms with van der Waals surface area (Å²) >= 11 is 0. The van der Waals surface area contributed by atoms with Crippen LogP contribution >= 0.6 is 0 Å². The zero-order chi connectivity index (χ0) is 12.4. The predicted molar refractivity (Wildman–Crippen MR) is 71.2 cm³/mol. The SMILES string of the molecule is OC1(CNCc2cccc3cn[nH]c23)CCCC1. The highest BCUT2D eigenvalue weighted by Gasteiger charge is 2.30. The van der Waals surface area contributed by atoms with Gasteiger partial charge in [-0.15, -0.1) is 0 Å². The summed E-state index contributed by atoms with van der Waals surface area (Å²) in [6, 6.07) is 6.18. The van der Waals surface area contributed by atoms with Crippen LogP contribution in [-0.4, -0.2) is 27.4 Å². The van der Waals surface area contributed by atoms with Crippen molar-refractivity contribution in [3.05, 3.63) is 30.0 Å². The van der Waals surface area contributed by atoms with Crippen LogP contribution in [0.15, 0.2) is 24.4 Å². The van der Waals surface area contributed by atoms with Gasteiger partial charge in [-0.3, -0.25) is 5.10 Å². The molecule has 4 heteroatoms. The summed E-state index contributed by atoms with van der Waals surface area (Å²) in [6.07, 6.45) is 5.98. The molecule has 1 saturated carbocycles. The van der Waals surface area contributed by atoms with Crippen LogP contribution < -0.4 is 5.32 Å². The molecular formula is C14H19N3O. The summed E-state index contributed by atoms with van der Waals surface area (Å²) in [5.74, 6) is 0. The number of benzene rings is 1. The highest BCUT2D eigenvalue weighted by atomic mass is 16.3. The first kappa shape index (κ1) is 11.7. The van der Waals surface area contributed by atoms with E-state index in [1.165, 1.54) is 5.56 Å². The standard InChI is InChI=1S/C14H19N3O/c18-14(6-1-2-7-14)10-15-8-11-4-3-5-12-9-16-17-13(11)12/h3-5,9,15,18H,1-2,6-8,10H2,(H,16,17). The Kier molecular flexibility index (Phi) is 3.06. The molecule has 1 aromatic carbocycles. The molecule has 1 heterocycles. The van der Waals surface area contributed by atoms with Gasteiger partial charge in [-0.2, -0.15) is 5.10 Å². The van der Waals surface area contributed by atoms with E-state index in [0.29, 0.717) is 6.54 Å². The fourth-order valence-electron chi connectivity index (χ4n) is 2.82. The number of aromatic amines is 1. The van der Waals surface area contributed by atoms with Crippen molar-refractivity contribution in [2.24, 2.45) is 0 Å². The third-order valence-corrected chi connectivity index (χ3v) is 3.87. The van der Waals surface area contributed by atoms with Crippen LogP contribution in [0.3, 0.4) is 0 Å². The van der Waals surface area contributed by atoms with Crippen LogP contribution in [0.4, 0.5) is 0 Å². The molecule has 0 spiro atoms. The number of fused-ring (bicyclic) bond motifs is 1. The molecule has 96 valence electrons. The van der Waals surface area contributed by atoms with Crippen molar-refractivity contribution in [2.75, 3.05) is 6.54 Å². The summed E-state index contributed by atoms with van der Waals surface area (Å²) in [7, 11) is 0. The van der Waals surface area contributed by atoms with Crippen molar-refractivity contribution >= 4 is 10.9 Å². The van der Waals surface area contributed by atoms with E-state index in [4.69, 9.17) is 0 Å². The van der Waals surface area contributed by atoms with Gasteiger partial charge in [0.05, 0.1) is 17.3 Å². The summed E-state index contributed by atoms with van der Waals surface area (Å²) in [4.78, 5) is 0. The zero-order valence-corrected chi connectivity index (χ0v) is 10.4. The lowest BCUT2D eigenvalue weighted by atomic mass is 10.0. The molecule has 1 aliphatic carbocycles. The van der Waals surface area contributed by atoms with E-state index >= 15 is 0 Å². The zero-order valence-electron chi connectivity index (χ0n) is 10.4. The Hall–Kier alpha value is -1.39. The van der Waals surface area contributed by atoms with E-state index in [-0.39, 0.29) is 0 Å². The molecule has 1 fully saturated rings. The molecule has 1 aromatic heterocycles. The Balaban J connectivity index is 1.64. The number of nitrogens with one attached hydrogen (secondary N) is 2. The van der Waals surface area contributed by atoms with Gasteiger partial charge in [0.15, 0.2) is 0 Å². The number of nitrogens with zero attached hydrogens (tertiary/aromatic N) is 1. The molecular weight excluding hydrogens is 226 g/mol. The minimum Gasteiger partial charge on any atom is -0.389 e. The third-order valence-electron chi connectivity index (χ3n) is 3.87. The third kappa shape index (κ3) is 2.26. The molecule has 3 rings (SSSR count). The number of aliphatic hydroxyl groups is 1. The van der Waals surface area contributed by atoms with Gasteiger partial charge in [-0.1, -0.05) is 31.0 Å². The lowest BCUT2D eigenvalue weighted by Gasteiger charge is -2.22. The molecule has 0 atom stereocenters. The van der Waals surface area contributed by atoms with Crippen molar-refractivity contribution in [1.82, 2.24) is 15.5 Å². The van der Waals surface area contributed by atoms with Gasteiger partial charge in [0.1, 0.15) is 0 Å². The van der Waals surface area contributed by atoms with Crippen LogP contribution in [0.2, 0.25) is 0 Å². The number of hydrogen-bond donors (Lipinski definition) is 3. The van der Waals surface area contributed by atoms with Gasteiger partial charge in [-0.05, 0) is 18.4 Å². The number of aromatic nitrogens is 2. The van der Waals surface area contributed by atoms with E-state index in [1.807, 2.05) is 18.3 Å². The Morgan fingerprint density at radius 2 is 2.17 bits per heavy atom. The van der Waals surface area contributed by atoms with Crippen LogP contribution in [0, 0.1) is 0 Å². The maximum absolute atomic E-state index is 10.3. The first-order valence-electron chi connectivity index (χ1n) is 6.61. The van der Waals surface area contributed by atoms with Crippen molar-refractivity contribution in [2.45, 2.75) is 37.8 Å². The molecule has 18 heavy (non-hydrogen) atoms. The van der Waals surface area contributed by atoms with Crippen LogP contribution in [0.25, 0.3) is 10.9 Å². The quantitative estimate of drug-likeness (QED) is 0.771. The molecule has 1 aliphatic rings. The van der Waals surface area contributed by atoms with E-state index < -0.39 is 5.60 Å². The molecule has 0 bridgehead atoms. The minimum absolute atomic E-state index is 0.484. The van der Waals surface area contributed by atoms with Crippen LogP contribution in [0.5, 0.6) is 0 Å². The number of hydrogen-bond acceptors (Lipinski definition) is 3. The fraction of sp³-hybridized carbons (Fsp3) is 0.500. The molecule has 2 aromatic rings. The van der Waals surface area contributed by atoms with Crippen LogP contribution in [0.1, 0.15) is 31.2 Å². The lowest BCUT2D eigenvalue weighted by molar-refractivity contribution is 0.0475. The fourth-order valence-corrected chi connectivity index (χ4v) is 2.82. The highest BCUT2D eigenvalue weighted by molar-refractivity contribution is 5.81. The van der Waals surface area contributed by atoms with Crippen LogP contribution in [-0.2, 0) is 6.54 Å². The van der Waals surface area contributed by atoms with E-state index in [0.717, 1.165) is 43.1 Å². The molecule has 0 amide bonds. The number of para-hydroxylation sites is 1. The van der Waals surface area contributed by atoms with E-state index in [9.17, 15) is 5.11 Å². The number of rotatable bonds is 4. The monoisotopic (exact) mass is 245 g/mol. The maximum atomic E-state index is 10.3. The lowest BCUT2D eigenvalue weighted by Crippen LogP contribution is -2.37. The normalized spacial score (nSPS) is 18.5. The van der Waals surface area contributed by atoms with E-state index in [1.54, 1.807) is 0 Å². The summed E-state index contributed by atoms with van der Waals surface area (Å²) in [6.45, 7) is 1.44. The summed E-state index contributed by atoms with van der Waals surface area (Å²) in [5.41, 5.74) is 1.80. The predicted octanol–water partition coefficient (Wildman–Crippen LogP) is 1.96. The summed E-state index contributed by atoms with van der Waals surface area (Å²) in [5, 5.41) is 21.8. The average Bonchev–Trinajstić information content (AvgIpc) is 2.98. The van der Waals surface area contributed by atoms with Gasteiger partial charge < -0.3 is 10.4 Å². The average molecular weight is 245 g/mol. The molecule has 3 N–H and O–H groups in total.